The lowest BCUT2D eigenvalue weighted by Crippen LogP contribution is -2.32. The Labute approximate surface area is 102 Å². The van der Waals surface area contributed by atoms with Gasteiger partial charge in [0.15, 0.2) is 0 Å². The lowest BCUT2D eigenvalue weighted by molar-refractivity contribution is 0.389. The SMILES string of the molecule is CN(C)CCNC1CSCc2ccccc21. The van der Waals surface area contributed by atoms with Crippen molar-refractivity contribution in [3.63, 3.8) is 0 Å². The molecule has 0 aliphatic carbocycles. The van der Waals surface area contributed by atoms with Gasteiger partial charge in [-0.1, -0.05) is 24.3 Å². The molecule has 1 aliphatic rings. The van der Waals surface area contributed by atoms with Crippen LogP contribution in [0.15, 0.2) is 24.3 Å². The van der Waals surface area contributed by atoms with Crippen LogP contribution in [0.2, 0.25) is 0 Å². The Hall–Kier alpha value is -0.510. The van der Waals surface area contributed by atoms with Crippen molar-refractivity contribution in [2.75, 3.05) is 32.9 Å². The number of likely N-dealkylation sites (N-methyl/N-ethyl adjacent to an activating group) is 1. The molecule has 1 heterocycles. The molecule has 2 rings (SSSR count). The molecule has 16 heavy (non-hydrogen) atoms. The van der Waals surface area contributed by atoms with E-state index in [2.05, 4.69) is 48.6 Å². The van der Waals surface area contributed by atoms with Crippen LogP contribution in [-0.2, 0) is 5.75 Å². The van der Waals surface area contributed by atoms with Gasteiger partial charge < -0.3 is 10.2 Å². The van der Waals surface area contributed by atoms with Gasteiger partial charge in [0.25, 0.3) is 0 Å². The molecule has 1 aliphatic heterocycles. The van der Waals surface area contributed by atoms with Gasteiger partial charge in [-0.05, 0) is 25.2 Å². The molecular weight excluding hydrogens is 216 g/mol. The Morgan fingerprint density at radius 2 is 2.19 bits per heavy atom. The highest BCUT2D eigenvalue weighted by Gasteiger charge is 2.18. The number of rotatable bonds is 4. The van der Waals surface area contributed by atoms with Crippen LogP contribution < -0.4 is 5.32 Å². The zero-order valence-corrected chi connectivity index (χ0v) is 10.9. The van der Waals surface area contributed by atoms with E-state index in [1.165, 1.54) is 22.6 Å². The number of hydrogen-bond acceptors (Lipinski definition) is 3. The maximum atomic E-state index is 3.65. The molecule has 0 spiro atoms. The molecule has 0 saturated heterocycles. The van der Waals surface area contributed by atoms with Crippen molar-refractivity contribution in [2.24, 2.45) is 0 Å². The minimum Gasteiger partial charge on any atom is -0.308 e. The second-order valence-corrected chi connectivity index (χ2v) is 5.55. The highest BCUT2D eigenvalue weighted by atomic mass is 32.2. The van der Waals surface area contributed by atoms with E-state index in [0.29, 0.717) is 6.04 Å². The molecule has 0 bridgehead atoms. The summed E-state index contributed by atoms with van der Waals surface area (Å²) < 4.78 is 0. The first-order valence-electron chi connectivity index (χ1n) is 5.81. The van der Waals surface area contributed by atoms with Crippen LogP contribution in [0.1, 0.15) is 17.2 Å². The number of nitrogens with one attached hydrogen (secondary N) is 1. The smallest absolute Gasteiger partial charge is 0.0415 e. The maximum Gasteiger partial charge on any atom is 0.0415 e. The van der Waals surface area contributed by atoms with Crippen molar-refractivity contribution in [3.05, 3.63) is 35.4 Å². The molecule has 88 valence electrons. The number of fused-ring (bicyclic) bond motifs is 1. The van der Waals surface area contributed by atoms with Crippen LogP contribution in [0.5, 0.6) is 0 Å². The summed E-state index contributed by atoms with van der Waals surface area (Å²) in [7, 11) is 4.23. The molecular formula is C13H20N2S. The minimum absolute atomic E-state index is 0.537. The number of nitrogens with zero attached hydrogens (tertiary/aromatic N) is 1. The Bertz CT molecular complexity index is 338. The summed E-state index contributed by atoms with van der Waals surface area (Å²) in [5, 5.41) is 3.65. The first kappa shape index (κ1) is 12.0. The average molecular weight is 236 g/mol. The highest BCUT2D eigenvalue weighted by molar-refractivity contribution is 7.98. The largest absolute Gasteiger partial charge is 0.308 e. The molecule has 0 aromatic heterocycles. The average Bonchev–Trinajstić information content (AvgIpc) is 2.29. The lowest BCUT2D eigenvalue weighted by Gasteiger charge is -2.26. The zero-order chi connectivity index (χ0) is 11.4. The number of benzene rings is 1. The second-order valence-electron chi connectivity index (χ2n) is 4.52. The van der Waals surface area contributed by atoms with E-state index in [1.54, 1.807) is 0 Å². The third kappa shape index (κ3) is 3.00. The fraction of sp³-hybridized carbons (Fsp3) is 0.538. The molecule has 0 radical (unpaired) electrons. The Balaban J connectivity index is 1.96. The van der Waals surface area contributed by atoms with Gasteiger partial charge in [0, 0.05) is 30.6 Å². The van der Waals surface area contributed by atoms with Crippen molar-refractivity contribution >= 4 is 11.8 Å². The normalized spacial score (nSPS) is 19.8. The van der Waals surface area contributed by atoms with Crippen molar-refractivity contribution < 1.29 is 0 Å². The van der Waals surface area contributed by atoms with E-state index < -0.39 is 0 Å². The fourth-order valence-electron chi connectivity index (χ4n) is 2.01. The first-order valence-corrected chi connectivity index (χ1v) is 6.96. The third-order valence-electron chi connectivity index (χ3n) is 2.92. The summed E-state index contributed by atoms with van der Waals surface area (Å²) in [6, 6.07) is 9.34. The molecule has 1 N–H and O–H groups in total. The molecule has 3 heteroatoms. The Kier molecular flexibility index (Phi) is 4.27. The number of hydrogen-bond donors (Lipinski definition) is 1. The molecule has 1 aromatic carbocycles. The number of thioether (sulfide) groups is 1. The van der Waals surface area contributed by atoms with E-state index in [1.807, 2.05) is 11.8 Å². The van der Waals surface area contributed by atoms with Gasteiger partial charge in [-0.15, -0.1) is 0 Å². The Morgan fingerprint density at radius 1 is 1.38 bits per heavy atom. The standard InChI is InChI=1S/C13H20N2S/c1-15(2)8-7-14-13-10-16-9-11-5-3-4-6-12(11)13/h3-6,13-14H,7-10H2,1-2H3. The van der Waals surface area contributed by atoms with E-state index >= 15 is 0 Å². The van der Waals surface area contributed by atoms with Crippen LogP contribution in [0.25, 0.3) is 0 Å². The fourth-order valence-corrected chi connectivity index (χ4v) is 3.15. The molecule has 0 saturated carbocycles. The summed E-state index contributed by atoms with van der Waals surface area (Å²) >= 11 is 2.03. The van der Waals surface area contributed by atoms with Gasteiger partial charge in [-0.3, -0.25) is 0 Å². The quantitative estimate of drug-likeness (QED) is 0.862. The predicted octanol–water partition coefficient (Wildman–Crippen LogP) is 2.13. The van der Waals surface area contributed by atoms with Gasteiger partial charge >= 0.3 is 0 Å². The van der Waals surface area contributed by atoms with Crippen molar-refractivity contribution in [2.45, 2.75) is 11.8 Å². The van der Waals surface area contributed by atoms with Gasteiger partial charge in [0.05, 0.1) is 0 Å². The molecule has 1 aromatic rings. The Morgan fingerprint density at radius 3 is 3.00 bits per heavy atom. The summed E-state index contributed by atoms with van der Waals surface area (Å²) in [6.07, 6.45) is 0. The van der Waals surface area contributed by atoms with Gasteiger partial charge in [-0.25, -0.2) is 0 Å². The highest BCUT2D eigenvalue weighted by Crippen LogP contribution is 2.31. The van der Waals surface area contributed by atoms with Gasteiger partial charge in [-0.2, -0.15) is 11.8 Å². The van der Waals surface area contributed by atoms with Gasteiger partial charge in [0.2, 0.25) is 0 Å². The minimum atomic E-state index is 0.537. The third-order valence-corrected chi connectivity index (χ3v) is 4.01. The summed E-state index contributed by atoms with van der Waals surface area (Å²) in [5.41, 5.74) is 3.00. The predicted molar refractivity (Wildman–Crippen MR) is 71.9 cm³/mol. The maximum absolute atomic E-state index is 3.65. The molecule has 1 unspecified atom stereocenters. The zero-order valence-electron chi connectivity index (χ0n) is 10.1. The summed E-state index contributed by atoms with van der Waals surface area (Å²) in [5.74, 6) is 2.37. The summed E-state index contributed by atoms with van der Waals surface area (Å²) in [4.78, 5) is 2.22. The second kappa shape index (κ2) is 5.71. The van der Waals surface area contributed by atoms with E-state index in [-0.39, 0.29) is 0 Å². The first-order chi connectivity index (χ1) is 7.77. The molecule has 0 amide bonds. The van der Waals surface area contributed by atoms with Crippen molar-refractivity contribution in [1.82, 2.24) is 10.2 Å². The van der Waals surface area contributed by atoms with Crippen LogP contribution >= 0.6 is 11.8 Å². The van der Waals surface area contributed by atoms with E-state index in [4.69, 9.17) is 0 Å². The van der Waals surface area contributed by atoms with Crippen molar-refractivity contribution in [3.8, 4) is 0 Å². The van der Waals surface area contributed by atoms with Crippen LogP contribution in [-0.4, -0.2) is 37.8 Å². The molecule has 2 nitrogen and oxygen atoms in total. The van der Waals surface area contributed by atoms with E-state index in [0.717, 1.165) is 13.1 Å². The topological polar surface area (TPSA) is 15.3 Å². The lowest BCUT2D eigenvalue weighted by atomic mass is 10.0. The van der Waals surface area contributed by atoms with Crippen LogP contribution in [0.3, 0.4) is 0 Å². The monoisotopic (exact) mass is 236 g/mol. The van der Waals surface area contributed by atoms with Crippen LogP contribution in [0, 0.1) is 0 Å². The van der Waals surface area contributed by atoms with Crippen LogP contribution in [0.4, 0.5) is 0 Å². The van der Waals surface area contributed by atoms with Crippen molar-refractivity contribution in [1.29, 1.82) is 0 Å². The molecule has 0 fully saturated rings. The summed E-state index contributed by atoms with van der Waals surface area (Å²) in [6.45, 7) is 2.16. The molecule has 1 atom stereocenters. The van der Waals surface area contributed by atoms with Gasteiger partial charge in [0.1, 0.15) is 0 Å². The van der Waals surface area contributed by atoms with E-state index in [9.17, 15) is 0 Å².